The third-order valence-electron chi connectivity index (χ3n) is 3.96. The number of methoxy groups -OCH3 is 2. The van der Waals surface area contributed by atoms with E-state index in [1.165, 1.54) is 0 Å². The fraction of sp³-hybridized carbons (Fsp3) is 0.211. The van der Waals surface area contributed by atoms with Crippen molar-refractivity contribution in [3.8, 4) is 11.5 Å². The first-order chi connectivity index (χ1) is 12.7. The fourth-order valence-electron chi connectivity index (χ4n) is 2.54. The van der Waals surface area contributed by atoms with Crippen LogP contribution in [0.3, 0.4) is 0 Å². The second kappa shape index (κ2) is 7.97. The molecule has 1 aromatic heterocycles. The van der Waals surface area contributed by atoms with Crippen molar-refractivity contribution >= 4 is 17.9 Å². The van der Waals surface area contributed by atoms with Crippen molar-refractivity contribution < 1.29 is 9.47 Å². The number of aryl methyl sites for hydroxylation is 1. The molecule has 0 atom stereocenters. The van der Waals surface area contributed by atoms with Gasteiger partial charge in [0, 0.05) is 17.5 Å². The summed E-state index contributed by atoms with van der Waals surface area (Å²) in [7, 11) is 3.29. The molecule has 0 amide bonds. The monoisotopic (exact) mass is 368 g/mol. The van der Waals surface area contributed by atoms with E-state index in [1.54, 1.807) is 18.9 Å². The van der Waals surface area contributed by atoms with Crippen LogP contribution in [0.25, 0.3) is 0 Å². The van der Waals surface area contributed by atoms with Gasteiger partial charge < -0.3 is 9.47 Å². The maximum Gasteiger partial charge on any atom is 0.216 e. The second-order valence-corrected chi connectivity index (χ2v) is 5.90. The summed E-state index contributed by atoms with van der Waals surface area (Å²) in [6.07, 6.45) is 0.717. The Morgan fingerprint density at radius 3 is 1.92 bits per heavy atom. The summed E-state index contributed by atoms with van der Waals surface area (Å²) in [5, 5.41) is 11.8. The predicted octanol–water partition coefficient (Wildman–Crippen LogP) is 3.82. The number of nitrogens with one attached hydrogen (secondary N) is 1. The molecule has 0 spiro atoms. The Balaban J connectivity index is 2.15. The maximum atomic E-state index is 5.33. The molecule has 7 heteroatoms. The molecule has 0 fully saturated rings. The van der Waals surface area contributed by atoms with Gasteiger partial charge in [-0.1, -0.05) is 6.92 Å². The average Bonchev–Trinajstić information content (AvgIpc) is 3.06. The molecule has 0 radical (unpaired) electrons. The molecule has 0 saturated carbocycles. The Morgan fingerprint density at radius 2 is 1.50 bits per heavy atom. The van der Waals surface area contributed by atoms with Crippen molar-refractivity contribution in [3.05, 3.63) is 70.3 Å². The molecule has 0 aliphatic carbocycles. The highest BCUT2D eigenvalue weighted by Crippen LogP contribution is 2.19. The van der Waals surface area contributed by atoms with E-state index in [-0.39, 0.29) is 0 Å². The summed E-state index contributed by atoms with van der Waals surface area (Å²) in [4.78, 5) is 0. The number of ether oxygens (including phenoxy) is 2. The number of hydrogen-bond donors (Lipinski definition) is 1. The number of nitrogens with zero attached hydrogens (tertiary/aromatic N) is 3. The van der Waals surface area contributed by atoms with E-state index in [0.717, 1.165) is 40.6 Å². The van der Waals surface area contributed by atoms with Crippen LogP contribution in [0.15, 0.2) is 53.6 Å². The second-order valence-electron chi connectivity index (χ2n) is 5.52. The highest BCUT2D eigenvalue weighted by atomic mass is 32.1. The van der Waals surface area contributed by atoms with Crippen molar-refractivity contribution in [2.45, 2.75) is 13.3 Å². The maximum absolute atomic E-state index is 5.33. The lowest BCUT2D eigenvalue weighted by Gasteiger charge is -2.10. The highest BCUT2D eigenvalue weighted by molar-refractivity contribution is 7.71. The van der Waals surface area contributed by atoms with E-state index in [4.69, 9.17) is 26.8 Å². The van der Waals surface area contributed by atoms with Gasteiger partial charge in [-0.2, -0.15) is 14.9 Å². The SMILES string of the molecule is CCc1n[nH]c(=S)n1N=C(c1ccc(OC)cc1)c1ccc(OC)cc1. The molecule has 6 nitrogen and oxygen atoms in total. The number of hydrogen-bond acceptors (Lipinski definition) is 5. The molecule has 26 heavy (non-hydrogen) atoms. The molecule has 1 N–H and O–H groups in total. The van der Waals surface area contributed by atoms with Crippen LogP contribution in [0.2, 0.25) is 0 Å². The van der Waals surface area contributed by atoms with Gasteiger partial charge in [-0.05, 0) is 60.7 Å². The van der Waals surface area contributed by atoms with Crippen LogP contribution >= 0.6 is 12.2 Å². The lowest BCUT2D eigenvalue weighted by molar-refractivity contribution is 0.414. The van der Waals surface area contributed by atoms with Crippen LogP contribution in [0.1, 0.15) is 23.9 Å². The summed E-state index contributed by atoms with van der Waals surface area (Å²) in [6, 6.07) is 15.5. The number of aromatic amines is 1. The Bertz CT molecular complexity index is 907. The van der Waals surface area contributed by atoms with E-state index >= 15 is 0 Å². The van der Waals surface area contributed by atoms with Gasteiger partial charge in [0.1, 0.15) is 11.5 Å². The molecule has 3 aromatic rings. The first-order valence-electron chi connectivity index (χ1n) is 8.20. The topological polar surface area (TPSA) is 64.4 Å². The molecule has 0 aliphatic heterocycles. The first-order valence-corrected chi connectivity index (χ1v) is 8.61. The molecule has 0 saturated heterocycles. The van der Waals surface area contributed by atoms with Crippen molar-refractivity contribution in [3.63, 3.8) is 0 Å². The lowest BCUT2D eigenvalue weighted by Crippen LogP contribution is -2.08. The van der Waals surface area contributed by atoms with Crippen LogP contribution in [0, 0.1) is 4.77 Å². The predicted molar refractivity (Wildman–Crippen MR) is 104 cm³/mol. The molecule has 3 rings (SSSR count). The van der Waals surface area contributed by atoms with E-state index in [1.807, 2.05) is 55.5 Å². The quantitative estimate of drug-likeness (QED) is 0.531. The Morgan fingerprint density at radius 1 is 1.00 bits per heavy atom. The Hall–Kier alpha value is -2.93. The van der Waals surface area contributed by atoms with Crippen molar-refractivity contribution in [2.24, 2.45) is 5.10 Å². The van der Waals surface area contributed by atoms with Crippen molar-refractivity contribution in [1.29, 1.82) is 0 Å². The number of aromatic nitrogens is 3. The fourth-order valence-corrected chi connectivity index (χ4v) is 2.73. The molecule has 0 aliphatic rings. The van der Waals surface area contributed by atoms with Crippen LogP contribution in [-0.4, -0.2) is 34.8 Å². The zero-order chi connectivity index (χ0) is 18.5. The molecule has 2 aromatic carbocycles. The molecular weight excluding hydrogens is 348 g/mol. The lowest BCUT2D eigenvalue weighted by atomic mass is 10.0. The third kappa shape index (κ3) is 3.67. The van der Waals surface area contributed by atoms with Gasteiger partial charge in [0.15, 0.2) is 5.82 Å². The van der Waals surface area contributed by atoms with Crippen LogP contribution in [0.4, 0.5) is 0 Å². The Labute approximate surface area is 157 Å². The van der Waals surface area contributed by atoms with Gasteiger partial charge in [0.05, 0.1) is 19.9 Å². The number of H-pyrrole nitrogens is 1. The van der Waals surface area contributed by atoms with Gasteiger partial charge in [0.25, 0.3) is 0 Å². The van der Waals surface area contributed by atoms with Gasteiger partial charge in [-0.15, -0.1) is 0 Å². The molecule has 0 unspecified atom stereocenters. The number of rotatable bonds is 6. The summed E-state index contributed by atoms with van der Waals surface area (Å²) in [6.45, 7) is 2.01. The average molecular weight is 368 g/mol. The zero-order valence-corrected chi connectivity index (χ0v) is 15.7. The normalized spacial score (nSPS) is 10.4. The minimum atomic E-state index is 0.460. The summed E-state index contributed by atoms with van der Waals surface area (Å²) in [5.74, 6) is 2.35. The van der Waals surface area contributed by atoms with Crippen molar-refractivity contribution in [2.75, 3.05) is 14.2 Å². The first kappa shape index (κ1) is 17.9. The standard InChI is InChI=1S/C19H20N4O2S/c1-4-17-20-21-19(26)23(17)22-18(13-5-9-15(24-2)10-6-13)14-7-11-16(25-3)12-8-14/h5-12H,4H2,1-3H3,(H,21,26). The van der Waals surface area contributed by atoms with E-state index in [0.29, 0.717) is 4.77 Å². The molecule has 1 heterocycles. The van der Waals surface area contributed by atoms with Gasteiger partial charge in [-0.25, -0.2) is 0 Å². The van der Waals surface area contributed by atoms with E-state index in [2.05, 4.69) is 10.2 Å². The smallest absolute Gasteiger partial charge is 0.216 e. The molecule has 134 valence electrons. The summed E-state index contributed by atoms with van der Waals surface area (Å²) in [5.41, 5.74) is 2.67. The molecular formula is C19H20N4O2S. The Kier molecular flexibility index (Phi) is 5.48. The minimum absolute atomic E-state index is 0.460. The van der Waals surface area contributed by atoms with Crippen molar-refractivity contribution in [1.82, 2.24) is 14.9 Å². The molecule has 0 bridgehead atoms. The van der Waals surface area contributed by atoms with Gasteiger partial charge >= 0.3 is 0 Å². The van der Waals surface area contributed by atoms with E-state index in [9.17, 15) is 0 Å². The van der Waals surface area contributed by atoms with Crippen LogP contribution in [-0.2, 0) is 6.42 Å². The van der Waals surface area contributed by atoms with Crippen LogP contribution in [0.5, 0.6) is 11.5 Å². The summed E-state index contributed by atoms with van der Waals surface area (Å²) < 4.78 is 12.6. The third-order valence-corrected chi connectivity index (χ3v) is 4.22. The highest BCUT2D eigenvalue weighted by Gasteiger charge is 2.11. The van der Waals surface area contributed by atoms with Gasteiger partial charge in [-0.3, -0.25) is 5.10 Å². The van der Waals surface area contributed by atoms with E-state index < -0.39 is 0 Å². The minimum Gasteiger partial charge on any atom is -0.497 e. The summed E-state index contributed by atoms with van der Waals surface area (Å²) >= 11 is 5.33. The zero-order valence-electron chi connectivity index (χ0n) is 14.9. The number of benzene rings is 2. The van der Waals surface area contributed by atoms with Crippen LogP contribution < -0.4 is 9.47 Å². The largest absolute Gasteiger partial charge is 0.497 e. The van der Waals surface area contributed by atoms with Gasteiger partial charge in [0.2, 0.25) is 4.77 Å².